The van der Waals surface area contributed by atoms with E-state index < -0.39 is 23.8 Å². The van der Waals surface area contributed by atoms with Gasteiger partial charge in [-0.15, -0.1) is 0 Å². The lowest BCUT2D eigenvalue weighted by atomic mass is 9.93. The Morgan fingerprint density at radius 2 is 1.89 bits per heavy atom. The maximum atomic E-state index is 14.3. The van der Waals surface area contributed by atoms with Crippen molar-refractivity contribution in [3.63, 3.8) is 0 Å². The number of aliphatic carboxylic acids is 1. The molecule has 0 aromatic heterocycles. The predicted octanol–water partition coefficient (Wildman–Crippen LogP) is 5.93. The molecule has 7 nitrogen and oxygen atoms in total. The Balaban J connectivity index is 1.95. The molecule has 0 saturated heterocycles. The van der Waals surface area contributed by atoms with Crippen molar-refractivity contribution < 1.29 is 28.6 Å². The average Bonchev–Trinajstić information content (AvgIpc) is 2.85. The summed E-state index contributed by atoms with van der Waals surface area (Å²) >= 11 is 5.85. The fraction of sp³-hybridized carbons (Fsp3) is 0.500. The Hall–Kier alpha value is -2.84. The summed E-state index contributed by atoms with van der Waals surface area (Å²) in [7, 11) is 1.40. The number of methoxy groups -OCH3 is 1. The highest BCUT2D eigenvalue weighted by Gasteiger charge is 2.26. The highest BCUT2D eigenvalue weighted by atomic mass is 35.5. The van der Waals surface area contributed by atoms with E-state index in [1.54, 1.807) is 18.2 Å². The zero-order chi connectivity index (χ0) is 26.9. The first kappa shape index (κ1) is 28.7. The molecule has 0 aliphatic heterocycles. The van der Waals surface area contributed by atoms with Crippen LogP contribution in [0.3, 0.4) is 0 Å². The van der Waals surface area contributed by atoms with Crippen LogP contribution in [0, 0.1) is 11.7 Å². The number of hydrogen-bond acceptors (Lipinski definition) is 5. The maximum absolute atomic E-state index is 14.3. The molecule has 0 spiro atoms. The average molecular weight is 535 g/mol. The lowest BCUT2D eigenvalue weighted by Crippen LogP contribution is -2.40. The largest absolute Gasteiger partial charge is 0.478 e. The van der Waals surface area contributed by atoms with Crippen molar-refractivity contribution >= 4 is 34.9 Å². The van der Waals surface area contributed by atoms with E-state index in [0.29, 0.717) is 17.6 Å². The van der Waals surface area contributed by atoms with Crippen LogP contribution in [0.4, 0.5) is 15.8 Å². The SMILES string of the molecule is COCC(Oc1ccc(N(CC(C)C)C2CCCCC2)c(NC(=O)Cc2ccc(Cl)cc2F)c1)C(=O)O. The van der Waals surface area contributed by atoms with E-state index >= 15 is 0 Å². The minimum Gasteiger partial charge on any atom is -0.478 e. The van der Waals surface area contributed by atoms with E-state index in [9.17, 15) is 19.1 Å². The molecule has 37 heavy (non-hydrogen) atoms. The Morgan fingerprint density at radius 1 is 1.16 bits per heavy atom. The molecule has 1 atom stereocenters. The molecule has 1 saturated carbocycles. The van der Waals surface area contributed by atoms with Crippen molar-refractivity contribution in [3.05, 3.63) is 52.8 Å². The first-order chi connectivity index (χ1) is 17.7. The van der Waals surface area contributed by atoms with Crippen LogP contribution in [0.5, 0.6) is 5.75 Å². The third-order valence-electron chi connectivity index (χ3n) is 6.37. The number of nitrogens with one attached hydrogen (secondary N) is 1. The topological polar surface area (TPSA) is 88.1 Å². The molecule has 9 heteroatoms. The molecule has 1 fully saturated rings. The monoisotopic (exact) mass is 534 g/mol. The van der Waals surface area contributed by atoms with Crippen LogP contribution < -0.4 is 15.0 Å². The van der Waals surface area contributed by atoms with Crippen LogP contribution in [-0.2, 0) is 20.7 Å². The lowest BCUT2D eigenvalue weighted by molar-refractivity contribution is -0.147. The van der Waals surface area contributed by atoms with Crippen molar-refractivity contribution in [2.75, 3.05) is 30.5 Å². The number of anilines is 2. The highest BCUT2D eigenvalue weighted by Crippen LogP contribution is 2.36. The van der Waals surface area contributed by atoms with Gasteiger partial charge in [0.05, 0.1) is 24.4 Å². The molecule has 2 aromatic rings. The summed E-state index contributed by atoms with van der Waals surface area (Å²) < 4.78 is 25.0. The van der Waals surface area contributed by atoms with Gasteiger partial charge in [0, 0.05) is 30.8 Å². The molecule has 0 heterocycles. The number of ether oxygens (including phenoxy) is 2. The predicted molar refractivity (Wildman–Crippen MR) is 143 cm³/mol. The first-order valence-electron chi connectivity index (χ1n) is 12.7. The number of carboxylic acids is 1. The molecule has 202 valence electrons. The summed E-state index contributed by atoms with van der Waals surface area (Å²) in [5, 5.41) is 12.7. The number of amides is 1. The summed E-state index contributed by atoms with van der Waals surface area (Å²) in [5.74, 6) is -1.44. The second-order valence-corrected chi connectivity index (χ2v) is 10.3. The fourth-order valence-electron chi connectivity index (χ4n) is 4.67. The summed E-state index contributed by atoms with van der Waals surface area (Å²) in [4.78, 5) is 27.0. The van der Waals surface area contributed by atoms with Crippen LogP contribution >= 0.6 is 11.6 Å². The van der Waals surface area contributed by atoms with Crippen LogP contribution in [0.1, 0.15) is 51.5 Å². The molecule has 1 amide bonds. The van der Waals surface area contributed by atoms with Gasteiger partial charge in [-0.1, -0.05) is 50.8 Å². The van der Waals surface area contributed by atoms with Crippen molar-refractivity contribution in [3.8, 4) is 5.75 Å². The van der Waals surface area contributed by atoms with E-state index in [1.165, 1.54) is 25.7 Å². The summed E-state index contributed by atoms with van der Waals surface area (Å²) in [6.45, 7) is 4.96. The van der Waals surface area contributed by atoms with Gasteiger partial charge in [0.1, 0.15) is 11.6 Å². The standard InChI is InChI=1S/C28H36ClFN2O5/c1-18(2)16-32(21-7-5-4-6-8-21)25-12-11-22(37-26(17-36-3)28(34)35)15-24(25)31-27(33)13-19-9-10-20(29)14-23(19)30/h9-12,14-15,18,21,26H,4-8,13,16-17H2,1-3H3,(H,31,33)(H,34,35). The van der Waals surface area contributed by atoms with E-state index in [1.807, 2.05) is 6.07 Å². The Bertz CT molecular complexity index is 1070. The number of hydrogen-bond donors (Lipinski definition) is 2. The number of benzene rings is 2. The minimum atomic E-state index is -1.20. The van der Waals surface area contributed by atoms with Crippen molar-refractivity contribution in [1.29, 1.82) is 0 Å². The second-order valence-electron chi connectivity index (χ2n) is 9.88. The summed E-state index contributed by atoms with van der Waals surface area (Å²) in [6, 6.07) is 9.75. The van der Waals surface area contributed by atoms with Gasteiger partial charge >= 0.3 is 5.97 Å². The van der Waals surface area contributed by atoms with Crippen LogP contribution in [-0.4, -0.2) is 49.4 Å². The molecule has 2 N–H and O–H groups in total. The summed E-state index contributed by atoms with van der Waals surface area (Å²) in [6.07, 6.45) is 4.25. The van der Waals surface area contributed by atoms with E-state index in [4.69, 9.17) is 21.1 Å². The minimum absolute atomic E-state index is 0.129. The normalized spacial score (nSPS) is 14.9. The second kappa shape index (κ2) is 13.6. The van der Waals surface area contributed by atoms with Gasteiger partial charge in [0.2, 0.25) is 12.0 Å². The van der Waals surface area contributed by atoms with E-state index in [-0.39, 0.29) is 29.4 Å². The third-order valence-corrected chi connectivity index (χ3v) is 6.60. The molecule has 0 radical (unpaired) electrons. The van der Waals surface area contributed by atoms with Gasteiger partial charge < -0.3 is 24.8 Å². The Kier molecular flexibility index (Phi) is 10.6. The van der Waals surface area contributed by atoms with E-state index in [0.717, 1.165) is 37.9 Å². The van der Waals surface area contributed by atoms with Crippen LogP contribution in [0.25, 0.3) is 0 Å². The number of carbonyl (C=O) groups is 2. The Morgan fingerprint density at radius 3 is 2.51 bits per heavy atom. The number of carboxylic acid groups (broad SMARTS) is 1. The maximum Gasteiger partial charge on any atom is 0.347 e. The quantitative estimate of drug-likeness (QED) is 0.351. The van der Waals surface area contributed by atoms with Gasteiger partial charge in [0.25, 0.3) is 0 Å². The van der Waals surface area contributed by atoms with E-state index in [2.05, 4.69) is 24.1 Å². The number of carbonyl (C=O) groups excluding carboxylic acids is 1. The van der Waals surface area contributed by atoms with Gasteiger partial charge in [0.15, 0.2) is 0 Å². The number of rotatable bonds is 12. The molecule has 3 rings (SSSR count). The molecule has 0 bridgehead atoms. The third kappa shape index (κ3) is 8.33. The zero-order valence-electron chi connectivity index (χ0n) is 21.6. The van der Waals surface area contributed by atoms with Crippen molar-refractivity contribution in [1.82, 2.24) is 0 Å². The van der Waals surface area contributed by atoms with Gasteiger partial charge in [-0.25, -0.2) is 9.18 Å². The van der Waals surface area contributed by atoms with Crippen LogP contribution in [0.15, 0.2) is 36.4 Å². The molecule has 2 aromatic carbocycles. The fourth-order valence-corrected chi connectivity index (χ4v) is 4.83. The number of nitrogens with zero attached hydrogens (tertiary/aromatic N) is 1. The van der Waals surface area contributed by atoms with Crippen molar-refractivity contribution in [2.45, 2.75) is 64.5 Å². The number of halogens is 2. The molecular formula is C28H36ClFN2O5. The van der Waals surface area contributed by atoms with Crippen LogP contribution in [0.2, 0.25) is 5.02 Å². The molecule has 1 aliphatic carbocycles. The smallest absolute Gasteiger partial charge is 0.347 e. The van der Waals surface area contributed by atoms with Gasteiger partial charge in [-0.2, -0.15) is 0 Å². The van der Waals surface area contributed by atoms with Crippen molar-refractivity contribution in [2.24, 2.45) is 5.92 Å². The first-order valence-corrected chi connectivity index (χ1v) is 13.1. The molecule has 1 unspecified atom stereocenters. The summed E-state index contributed by atoms with van der Waals surface area (Å²) in [5.41, 5.74) is 1.55. The Labute approximate surface area is 222 Å². The molecular weight excluding hydrogens is 499 g/mol. The molecule has 1 aliphatic rings. The van der Waals surface area contributed by atoms with Gasteiger partial charge in [-0.05, 0) is 48.6 Å². The lowest BCUT2D eigenvalue weighted by Gasteiger charge is -2.38. The van der Waals surface area contributed by atoms with Gasteiger partial charge in [-0.3, -0.25) is 4.79 Å². The highest BCUT2D eigenvalue weighted by molar-refractivity contribution is 6.30. The zero-order valence-corrected chi connectivity index (χ0v) is 22.4.